The number of benzene rings is 1. The van der Waals surface area contributed by atoms with Crippen LogP contribution in [0.4, 0.5) is 14.9 Å². The Hall–Kier alpha value is -1.63. The second-order valence-electron chi connectivity index (χ2n) is 5.19. The number of sulfone groups is 1. The molecule has 0 aliphatic carbocycles. The van der Waals surface area contributed by atoms with E-state index in [-0.39, 0.29) is 29.4 Å². The van der Waals surface area contributed by atoms with Crippen molar-refractivity contribution in [2.75, 3.05) is 23.4 Å². The van der Waals surface area contributed by atoms with E-state index in [1.165, 1.54) is 24.3 Å². The van der Waals surface area contributed by atoms with Crippen molar-refractivity contribution in [1.29, 1.82) is 0 Å². The first-order valence-corrected chi connectivity index (χ1v) is 8.77. The van der Waals surface area contributed by atoms with Gasteiger partial charge in [-0.1, -0.05) is 6.92 Å². The fourth-order valence-corrected chi connectivity index (χ4v) is 4.17. The fourth-order valence-electron chi connectivity index (χ4n) is 2.44. The number of rotatable bonds is 4. The van der Waals surface area contributed by atoms with Crippen molar-refractivity contribution in [2.24, 2.45) is 0 Å². The molecule has 1 N–H and O–H groups in total. The van der Waals surface area contributed by atoms with Gasteiger partial charge in [0.05, 0.1) is 11.5 Å². The maximum atomic E-state index is 12.8. The van der Waals surface area contributed by atoms with Crippen molar-refractivity contribution in [2.45, 2.75) is 25.8 Å². The van der Waals surface area contributed by atoms with Crippen LogP contribution in [0.2, 0.25) is 0 Å². The second kappa shape index (κ2) is 6.43. The predicted octanol–water partition coefficient (Wildman–Crippen LogP) is 2.26. The number of halogens is 1. The lowest BCUT2D eigenvalue weighted by Crippen LogP contribution is -2.44. The summed E-state index contributed by atoms with van der Waals surface area (Å²) in [5.74, 6) is -0.230. The second-order valence-corrected chi connectivity index (χ2v) is 7.42. The van der Waals surface area contributed by atoms with E-state index in [0.717, 1.165) is 6.42 Å². The number of carbonyl (C=O) groups is 1. The van der Waals surface area contributed by atoms with Gasteiger partial charge >= 0.3 is 6.03 Å². The van der Waals surface area contributed by atoms with Crippen LogP contribution in [-0.4, -0.2) is 43.4 Å². The van der Waals surface area contributed by atoms with E-state index in [1.807, 2.05) is 6.92 Å². The zero-order valence-corrected chi connectivity index (χ0v) is 12.7. The summed E-state index contributed by atoms with van der Waals surface area (Å²) in [5, 5.41) is 2.68. The Balaban J connectivity index is 2.07. The Bertz CT molecular complexity index is 601. The Morgan fingerprint density at radius 3 is 2.57 bits per heavy atom. The molecule has 0 saturated carbocycles. The van der Waals surface area contributed by atoms with E-state index in [0.29, 0.717) is 18.7 Å². The standard InChI is InChI=1S/C14H19FN2O3S/c1-2-8-17(13-7-9-21(19,20)10-13)14(18)16-12-5-3-11(15)4-6-12/h3-6,13H,2,7-10H2,1H3,(H,16,18)/t13-/m0/s1. The van der Waals surface area contributed by atoms with Gasteiger partial charge in [0.2, 0.25) is 0 Å². The molecule has 1 atom stereocenters. The quantitative estimate of drug-likeness (QED) is 0.927. The minimum atomic E-state index is -3.04. The number of nitrogens with one attached hydrogen (secondary N) is 1. The van der Waals surface area contributed by atoms with Crippen molar-refractivity contribution in [3.8, 4) is 0 Å². The number of hydrogen-bond acceptors (Lipinski definition) is 3. The van der Waals surface area contributed by atoms with Crippen molar-refractivity contribution in [3.63, 3.8) is 0 Å². The van der Waals surface area contributed by atoms with Crippen molar-refractivity contribution in [1.82, 2.24) is 4.90 Å². The largest absolute Gasteiger partial charge is 0.322 e. The number of nitrogens with zero attached hydrogens (tertiary/aromatic N) is 1. The van der Waals surface area contributed by atoms with E-state index < -0.39 is 9.84 Å². The summed E-state index contributed by atoms with van der Waals surface area (Å²) >= 11 is 0. The highest BCUT2D eigenvalue weighted by molar-refractivity contribution is 7.91. The van der Waals surface area contributed by atoms with E-state index >= 15 is 0 Å². The molecule has 5 nitrogen and oxygen atoms in total. The van der Waals surface area contributed by atoms with Crippen molar-refractivity contribution >= 4 is 21.6 Å². The highest BCUT2D eigenvalue weighted by atomic mass is 32.2. The van der Waals surface area contributed by atoms with Gasteiger partial charge in [-0.3, -0.25) is 0 Å². The van der Waals surface area contributed by atoms with Crippen LogP contribution < -0.4 is 5.32 Å². The summed E-state index contributed by atoms with van der Waals surface area (Å²) in [7, 11) is -3.04. The number of urea groups is 1. The predicted molar refractivity (Wildman–Crippen MR) is 79.5 cm³/mol. The van der Waals surface area contributed by atoms with Crippen LogP contribution >= 0.6 is 0 Å². The van der Waals surface area contributed by atoms with Crippen LogP contribution in [0.1, 0.15) is 19.8 Å². The number of hydrogen-bond donors (Lipinski definition) is 1. The number of carbonyl (C=O) groups excluding carboxylic acids is 1. The Labute approximate surface area is 124 Å². The molecule has 0 aromatic heterocycles. The lowest BCUT2D eigenvalue weighted by molar-refractivity contribution is 0.194. The maximum Gasteiger partial charge on any atom is 0.322 e. The van der Waals surface area contributed by atoms with Gasteiger partial charge < -0.3 is 10.2 Å². The van der Waals surface area contributed by atoms with E-state index in [1.54, 1.807) is 4.90 Å². The van der Waals surface area contributed by atoms with Gasteiger partial charge in [-0.05, 0) is 37.1 Å². The zero-order valence-electron chi connectivity index (χ0n) is 11.9. The average Bonchev–Trinajstić information content (AvgIpc) is 2.78. The minimum absolute atomic E-state index is 0.0177. The molecule has 1 aromatic rings. The Morgan fingerprint density at radius 2 is 2.05 bits per heavy atom. The SMILES string of the molecule is CCCN(C(=O)Nc1ccc(F)cc1)[C@H]1CCS(=O)(=O)C1. The molecule has 0 unspecified atom stereocenters. The first-order valence-electron chi connectivity index (χ1n) is 6.95. The lowest BCUT2D eigenvalue weighted by Gasteiger charge is -2.28. The van der Waals surface area contributed by atoms with Gasteiger partial charge in [0.1, 0.15) is 5.82 Å². The molecule has 2 rings (SSSR count). The summed E-state index contributed by atoms with van der Waals surface area (Å²) in [6, 6.07) is 4.85. The third kappa shape index (κ3) is 4.17. The van der Waals surface area contributed by atoms with Crippen LogP contribution in [0.25, 0.3) is 0 Å². The molecule has 0 bridgehead atoms. The molecule has 116 valence electrons. The molecule has 0 radical (unpaired) electrons. The lowest BCUT2D eigenvalue weighted by atomic mass is 10.2. The third-order valence-electron chi connectivity index (χ3n) is 3.47. The van der Waals surface area contributed by atoms with Gasteiger partial charge in [-0.25, -0.2) is 17.6 Å². The minimum Gasteiger partial charge on any atom is -0.321 e. The summed E-state index contributed by atoms with van der Waals surface area (Å²) in [4.78, 5) is 13.9. The van der Waals surface area contributed by atoms with Crippen LogP contribution in [0.5, 0.6) is 0 Å². The molecule has 1 aliphatic heterocycles. The highest BCUT2D eigenvalue weighted by Crippen LogP contribution is 2.19. The maximum absolute atomic E-state index is 12.8. The van der Waals surface area contributed by atoms with E-state index in [2.05, 4.69) is 5.32 Å². The van der Waals surface area contributed by atoms with Crippen molar-refractivity contribution < 1.29 is 17.6 Å². The molecule has 21 heavy (non-hydrogen) atoms. The molecule has 1 fully saturated rings. The summed E-state index contributed by atoms with van der Waals surface area (Å²) in [6.07, 6.45) is 1.21. The molecule has 7 heteroatoms. The molecule has 1 aliphatic rings. The molecule has 0 spiro atoms. The first-order chi connectivity index (χ1) is 9.91. The first kappa shape index (κ1) is 15.8. The van der Waals surface area contributed by atoms with E-state index in [4.69, 9.17) is 0 Å². The highest BCUT2D eigenvalue weighted by Gasteiger charge is 2.34. The Kier molecular flexibility index (Phi) is 4.82. The average molecular weight is 314 g/mol. The van der Waals surface area contributed by atoms with Gasteiger partial charge in [0.25, 0.3) is 0 Å². The van der Waals surface area contributed by atoms with Crippen LogP contribution in [0.3, 0.4) is 0 Å². The number of anilines is 1. The van der Waals surface area contributed by atoms with E-state index in [9.17, 15) is 17.6 Å². The molecule has 2 amide bonds. The smallest absolute Gasteiger partial charge is 0.321 e. The van der Waals surface area contributed by atoms with Gasteiger partial charge in [-0.2, -0.15) is 0 Å². The van der Waals surface area contributed by atoms with Gasteiger partial charge in [-0.15, -0.1) is 0 Å². The Morgan fingerprint density at radius 1 is 1.38 bits per heavy atom. The topological polar surface area (TPSA) is 66.5 Å². The molecule has 1 heterocycles. The molecule has 1 aromatic carbocycles. The summed E-state index contributed by atoms with van der Waals surface area (Å²) in [5.41, 5.74) is 0.489. The van der Waals surface area contributed by atoms with Crippen LogP contribution in [-0.2, 0) is 9.84 Å². The van der Waals surface area contributed by atoms with Gasteiger partial charge in [0, 0.05) is 18.3 Å². The summed E-state index contributed by atoms with van der Waals surface area (Å²) in [6.45, 7) is 2.43. The monoisotopic (exact) mass is 314 g/mol. The molecular formula is C14H19FN2O3S. The van der Waals surface area contributed by atoms with Crippen LogP contribution in [0, 0.1) is 5.82 Å². The normalized spacial score (nSPS) is 20.2. The van der Waals surface area contributed by atoms with Gasteiger partial charge in [0.15, 0.2) is 9.84 Å². The third-order valence-corrected chi connectivity index (χ3v) is 5.22. The van der Waals surface area contributed by atoms with Crippen molar-refractivity contribution in [3.05, 3.63) is 30.1 Å². The fraction of sp³-hybridized carbons (Fsp3) is 0.500. The summed E-state index contributed by atoms with van der Waals surface area (Å²) < 4.78 is 36.0. The molecule has 1 saturated heterocycles. The van der Waals surface area contributed by atoms with Crippen LogP contribution in [0.15, 0.2) is 24.3 Å². The number of amides is 2. The zero-order chi connectivity index (χ0) is 15.5. The molecular weight excluding hydrogens is 295 g/mol.